The molecule has 0 bridgehead atoms. The molecule has 0 fully saturated rings. The highest BCUT2D eigenvalue weighted by Gasteiger charge is 2.20. The first kappa shape index (κ1) is 14.7. The summed E-state index contributed by atoms with van der Waals surface area (Å²) >= 11 is 5.06. The summed E-state index contributed by atoms with van der Waals surface area (Å²) in [5.74, 6) is 0.830. The van der Waals surface area contributed by atoms with E-state index in [1.807, 2.05) is 30.3 Å². The van der Waals surface area contributed by atoms with Gasteiger partial charge in [0.25, 0.3) is 0 Å². The minimum Gasteiger partial charge on any atom is -0.491 e. The molecule has 3 nitrogen and oxygen atoms in total. The van der Waals surface area contributed by atoms with Gasteiger partial charge in [0.15, 0.2) is 0 Å². The van der Waals surface area contributed by atoms with Crippen molar-refractivity contribution in [2.45, 2.75) is 26.7 Å². The third kappa shape index (κ3) is 3.45. The van der Waals surface area contributed by atoms with E-state index in [9.17, 15) is 0 Å². The summed E-state index contributed by atoms with van der Waals surface area (Å²) in [6.07, 6.45) is 3.61. The lowest BCUT2D eigenvalue weighted by molar-refractivity contribution is 0.290. The number of nitrogens with zero attached hydrogens (tertiary/aromatic N) is 1. The Morgan fingerprint density at radius 2 is 2.05 bits per heavy atom. The minimum absolute atomic E-state index is 0.115. The summed E-state index contributed by atoms with van der Waals surface area (Å²) in [6, 6.07) is 9.93. The lowest BCUT2D eigenvalue weighted by Gasteiger charge is -2.22. The lowest BCUT2D eigenvalue weighted by atomic mass is 9.88. The average Bonchev–Trinajstić information content (AvgIpc) is 2.43. The Morgan fingerprint density at radius 3 is 2.80 bits per heavy atom. The van der Waals surface area contributed by atoms with Crippen molar-refractivity contribution in [3.63, 3.8) is 0 Å². The van der Waals surface area contributed by atoms with Gasteiger partial charge in [-0.15, -0.1) is 0 Å². The summed E-state index contributed by atoms with van der Waals surface area (Å²) in [7, 11) is 0. The molecule has 2 aromatic rings. The van der Waals surface area contributed by atoms with Crippen LogP contribution in [0.5, 0.6) is 5.75 Å². The zero-order chi connectivity index (χ0) is 14.6. The van der Waals surface area contributed by atoms with Crippen molar-refractivity contribution >= 4 is 28.1 Å². The molecule has 0 spiro atoms. The summed E-state index contributed by atoms with van der Waals surface area (Å²) in [4.78, 5) is 4.93. The smallest absolute Gasteiger partial charge is 0.145 e. The molecule has 1 aromatic carbocycles. The van der Waals surface area contributed by atoms with Gasteiger partial charge in [-0.1, -0.05) is 44.3 Å². The number of benzene rings is 1. The van der Waals surface area contributed by atoms with E-state index in [2.05, 4.69) is 18.8 Å². The molecule has 1 aromatic heterocycles. The van der Waals surface area contributed by atoms with Crippen molar-refractivity contribution in [1.82, 2.24) is 4.98 Å². The Bertz CT molecular complexity index is 605. The van der Waals surface area contributed by atoms with Crippen LogP contribution in [0.1, 0.15) is 26.7 Å². The summed E-state index contributed by atoms with van der Waals surface area (Å²) in [5, 5.41) is 1.09. The first-order chi connectivity index (χ1) is 9.50. The lowest BCUT2D eigenvalue weighted by Crippen LogP contribution is -2.30. The molecular weight excluding hydrogens is 268 g/mol. The third-order valence-corrected chi connectivity index (χ3v) is 4.02. The molecule has 2 rings (SSSR count). The van der Waals surface area contributed by atoms with E-state index in [0.29, 0.717) is 11.6 Å². The highest BCUT2D eigenvalue weighted by atomic mass is 32.1. The Kier molecular flexibility index (Phi) is 4.55. The van der Waals surface area contributed by atoms with Gasteiger partial charge in [0.2, 0.25) is 0 Å². The van der Waals surface area contributed by atoms with Gasteiger partial charge in [0, 0.05) is 17.0 Å². The van der Waals surface area contributed by atoms with E-state index in [4.69, 9.17) is 22.7 Å². The van der Waals surface area contributed by atoms with Crippen LogP contribution in [0.3, 0.4) is 0 Å². The van der Waals surface area contributed by atoms with Gasteiger partial charge in [-0.25, -0.2) is 0 Å². The van der Waals surface area contributed by atoms with Gasteiger partial charge >= 0.3 is 0 Å². The molecule has 0 aliphatic heterocycles. The standard InChI is InChI=1S/C16H20N2OS/c1-16(2,15(17)20)9-5-11-19-13-8-3-6-12-7-4-10-18-14(12)13/h3-4,6-8,10H,5,9,11H2,1-2H3,(H2,17,20). The molecule has 0 atom stereocenters. The van der Waals surface area contributed by atoms with Gasteiger partial charge in [-0.05, 0) is 25.0 Å². The summed E-state index contributed by atoms with van der Waals surface area (Å²) in [6.45, 7) is 4.77. The Labute approximate surface area is 125 Å². The SMILES string of the molecule is CC(C)(CCCOc1cccc2cccnc12)C(N)=S. The number of hydrogen-bond acceptors (Lipinski definition) is 3. The van der Waals surface area contributed by atoms with Crippen LogP contribution in [0.25, 0.3) is 10.9 Å². The highest BCUT2D eigenvalue weighted by Crippen LogP contribution is 2.25. The van der Waals surface area contributed by atoms with Crippen LogP contribution in [-0.2, 0) is 0 Å². The van der Waals surface area contributed by atoms with E-state index in [1.54, 1.807) is 6.20 Å². The van der Waals surface area contributed by atoms with Crippen molar-refractivity contribution in [3.05, 3.63) is 36.5 Å². The molecule has 4 heteroatoms. The molecule has 0 saturated heterocycles. The number of aromatic nitrogens is 1. The van der Waals surface area contributed by atoms with Crippen molar-refractivity contribution in [1.29, 1.82) is 0 Å². The molecule has 0 aliphatic rings. The molecule has 0 aliphatic carbocycles. The summed E-state index contributed by atoms with van der Waals surface area (Å²) < 4.78 is 5.85. The number of hydrogen-bond donors (Lipinski definition) is 1. The average molecular weight is 288 g/mol. The Hall–Kier alpha value is -1.68. The number of nitrogens with two attached hydrogens (primary N) is 1. The highest BCUT2D eigenvalue weighted by molar-refractivity contribution is 7.80. The normalized spacial score (nSPS) is 11.5. The number of fused-ring (bicyclic) bond motifs is 1. The number of para-hydroxylation sites is 1. The third-order valence-electron chi connectivity index (χ3n) is 3.47. The second kappa shape index (κ2) is 6.18. The molecule has 0 saturated carbocycles. The van der Waals surface area contributed by atoms with E-state index in [-0.39, 0.29) is 5.41 Å². The first-order valence-electron chi connectivity index (χ1n) is 6.77. The Balaban J connectivity index is 1.95. The maximum atomic E-state index is 5.85. The van der Waals surface area contributed by atoms with E-state index in [0.717, 1.165) is 29.5 Å². The Morgan fingerprint density at radius 1 is 1.30 bits per heavy atom. The second-order valence-electron chi connectivity index (χ2n) is 5.53. The van der Waals surface area contributed by atoms with Crippen LogP contribution in [0, 0.1) is 5.41 Å². The molecule has 0 unspecified atom stereocenters. The minimum atomic E-state index is -0.115. The molecular formula is C16H20N2OS. The maximum Gasteiger partial charge on any atom is 0.145 e. The van der Waals surface area contributed by atoms with Gasteiger partial charge in [-0.2, -0.15) is 0 Å². The van der Waals surface area contributed by atoms with Crippen LogP contribution < -0.4 is 10.5 Å². The zero-order valence-corrected chi connectivity index (χ0v) is 12.7. The predicted octanol–water partition coefficient (Wildman–Crippen LogP) is 3.71. The van der Waals surface area contributed by atoms with E-state index < -0.39 is 0 Å². The molecule has 0 radical (unpaired) electrons. The van der Waals surface area contributed by atoms with Crippen molar-refractivity contribution in [2.24, 2.45) is 11.1 Å². The van der Waals surface area contributed by atoms with Crippen LogP contribution in [0.15, 0.2) is 36.5 Å². The predicted molar refractivity (Wildman–Crippen MR) is 87.0 cm³/mol. The topological polar surface area (TPSA) is 48.1 Å². The van der Waals surface area contributed by atoms with Crippen molar-refractivity contribution < 1.29 is 4.74 Å². The number of pyridine rings is 1. The van der Waals surface area contributed by atoms with Crippen molar-refractivity contribution in [3.8, 4) is 5.75 Å². The number of thiocarbonyl (C=S) groups is 1. The molecule has 1 heterocycles. The first-order valence-corrected chi connectivity index (χ1v) is 7.18. The summed E-state index contributed by atoms with van der Waals surface area (Å²) in [5.41, 5.74) is 6.51. The molecule has 0 amide bonds. The maximum absolute atomic E-state index is 5.85. The zero-order valence-electron chi connectivity index (χ0n) is 11.9. The molecule has 2 N–H and O–H groups in total. The fraction of sp³-hybridized carbons (Fsp3) is 0.375. The van der Waals surface area contributed by atoms with Gasteiger partial charge in [-0.3, -0.25) is 4.98 Å². The van der Waals surface area contributed by atoms with Gasteiger partial charge in [0.05, 0.1) is 11.6 Å². The molecule has 106 valence electrons. The monoisotopic (exact) mass is 288 g/mol. The fourth-order valence-electron chi connectivity index (χ4n) is 2.01. The fourth-order valence-corrected chi connectivity index (χ4v) is 2.11. The largest absolute Gasteiger partial charge is 0.491 e. The van der Waals surface area contributed by atoms with Crippen LogP contribution >= 0.6 is 12.2 Å². The molecule has 20 heavy (non-hydrogen) atoms. The van der Waals surface area contributed by atoms with Gasteiger partial charge in [0.1, 0.15) is 11.3 Å². The second-order valence-corrected chi connectivity index (χ2v) is 5.97. The van der Waals surface area contributed by atoms with Crippen LogP contribution in [-0.4, -0.2) is 16.6 Å². The quantitative estimate of drug-likeness (QED) is 0.650. The number of ether oxygens (including phenoxy) is 1. The van der Waals surface area contributed by atoms with Crippen molar-refractivity contribution in [2.75, 3.05) is 6.61 Å². The van der Waals surface area contributed by atoms with Crippen LogP contribution in [0.2, 0.25) is 0 Å². The number of rotatable bonds is 6. The van der Waals surface area contributed by atoms with E-state index in [1.165, 1.54) is 0 Å². The van der Waals surface area contributed by atoms with Crippen LogP contribution in [0.4, 0.5) is 0 Å². The van der Waals surface area contributed by atoms with Gasteiger partial charge < -0.3 is 10.5 Å². The van der Waals surface area contributed by atoms with E-state index >= 15 is 0 Å².